The summed E-state index contributed by atoms with van der Waals surface area (Å²) >= 11 is 0. The number of hydrogen-bond acceptors (Lipinski definition) is 2. The minimum atomic E-state index is -0.872. The Morgan fingerprint density at radius 1 is 1.04 bits per heavy atom. The molecule has 1 unspecified atom stereocenters. The normalized spacial score (nSPS) is 16.7. The van der Waals surface area contributed by atoms with Gasteiger partial charge in [-0.2, -0.15) is 0 Å². The van der Waals surface area contributed by atoms with Gasteiger partial charge in [0, 0.05) is 13.1 Å². The summed E-state index contributed by atoms with van der Waals surface area (Å²) in [5.41, 5.74) is 1.29. The molecule has 6 heteroatoms. The maximum absolute atomic E-state index is 13.8. The number of carbonyl (C=O) groups is 2. The van der Waals surface area contributed by atoms with Gasteiger partial charge < -0.3 is 10.0 Å². The van der Waals surface area contributed by atoms with Gasteiger partial charge in [-0.1, -0.05) is 30.3 Å². The van der Waals surface area contributed by atoms with E-state index in [2.05, 4.69) is 0 Å². The molecule has 1 fully saturated rings. The van der Waals surface area contributed by atoms with Gasteiger partial charge in [-0.3, -0.25) is 9.59 Å². The zero-order valence-corrected chi connectivity index (χ0v) is 14.1. The number of carboxylic acids is 1. The molecule has 1 N–H and O–H groups in total. The van der Waals surface area contributed by atoms with Crippen LogP contribution >= 0.6 is 0 Å². The van der Waals surface area contributed by atoms with Gasteiger partial charge in [0.1, 0.15) is 17.2 Å². The van der Waals surface area contributed by atoms with E-state index in [1.807, 2.05) is 12.1 Å². The molecular weight excluding hydrogens is 340 g/mol. The van der Waals surface area contributed by atoms with Crippen molar-refractivity contribution in [1.29, 1.82) is 0 Å². The number of carbonyl (C=O) groups excluding carboxylic acids is 1. The molecule has 1 atom stereocenters. The van der Waals surface area contributed by atoms with Crippen LogP contribution < -0.4 is 0 Å². The molecule has 4 nitrogen and oxygen atoms in total. The van der Waals surface area contributed by atoms with E-state index in [0.717, 1.165) is 36.1 Å². The maximum Gasteiger partial charge on any atom is 0.307 e. The summed E-state index contributed by atoms with van der Waals surface area (Å²) in [6.07, 6.45) is 1.48. The van der Waals surface area contributed by atoms with Crippen molar-refractivity contribution in [3.63, 3.8) is 0 Å². The lowest BCUT2D eigenvalue weighted by Crippen LogP contribution is -2.30. The molecule has 1 amide bonds. The van der Waals surface area contributed by atoms with Gasteiger partial charge in [0.2, 0.25) is 0 Å². The van der Waals surface area contributed by atoms with Crippen molar-refractivity contribution >= 4 is 11.9 Å². The van der Waals surface area contributed by atoms with Crippen molar-refractivity contribution in [2.24, 2.45) is 5.92 Å². The first-order valence-electron chi connectivity index (χ1n) is 8.47. The molecule has 0 saturated carbocycles. The molecule has 1 aliphatic rings. The number of likely N-dealkylation sites (tertiary alicyclic amines) is 1. The number of benzene rings is 2. The molecule has 1 heterocycles. The third kappa shape index (κ3) is 4.07. The highest BCUT2D eigenvalue weighted by molar-refractivity contribution is 5.95. The molecule has 0 radical (unpaired) electrons. The van der Waals surface area contributed by atoms with E-state index in [0.29, 0.717) is 13.1 Å². The molecule has 1 saturated heterocycles. The average molecular weight is 359 g/mol. The van der Waals surface area contributed by atoms with Crippen molar-refractivity contribution in [1.82, 2.24) is 4.90 Å². The van der Waals surface area contributed by atoms with Crippen molar-refractivity contribution in [2.75, 3.05) is 13.1 Å². The van der Waals surface area contributed by atoms with E-state index in [1.54, 1.807) is 12.1 Å². The van der Waals surface area contributed by atoms with Crippen LogP contribution in [0.4, 0.5) is 8.78 Å². The minimum Gasteiger partial charge on any atom is -0.481 e. The molecule has 0 aliphatic carbocycles. The van der Waals surface area contributed by atoms with Gasteiger partial charge >= 0.3 is 5.97 Å². The van der Waals surface area contributed by atoms with Crippen LogP contribution in [-0.4, -0.2) is 35.0 Å². The molecule has 136 valence electrons. The summed E-state index contributed by atoms with van der Waals surface area (Å²) < 4.78 is 27.6. The fourth-order valence-corrected chi connectivity index (χ4v) is 3.35. The molecular formula is C20H19F2NO3. The maximum atomic E-state index is 13.8. The van der Waals surface area contributed by atoms with Gasteiger partial charge in [0.15, 0.2) is 0 Å². The van der Waals surface area contributed by atoms with E-state index in [9.17, 15) is 18.4 Å². The summed E-state index contributed by atoms with van der Waals surface area (Å²) in [4.78, 5) is 24.6. The Balaban J connectivity index is 1.62. The highest BCUT2D eigenvalue weighted by Gasteiger charge is 2.30. The van der Waals surface area contributed by atoms with Gasteiger partial charge in [-0.15, -0.1) is 0 Å². The van der Waals surface area contributed by atoms with Crippen LogP contribution in [0.3, 0.4) is 0 Å². The Morgan fingerprint density at radius 3 is 2.27 bits per heavy atom. The summed E-state index contributed by atoms with van der Waals surface area (Å²) in [6, 6.07) is 10.8. The van der Waals surface area contributed by atoms with Gasteiger partial charge in [-0.05, 0) is 42.0 Å². The number of carboxylic acid groups (broad SMARTS) is 1. The summed E-state index contributed by atoms with van der Waals surface area (Å²) in [6.45, 7) is 0.915. The number of aliphatic carboxylic acids is 1. The molecule has 26 heavy (non-hydrogen) atoms. The third-order valence-corrected chi connectivity index (χ3v) is 4.65. The lowest BCUT2D eigenvalue weighted by Gasteiger charge is -2.17. The van der Waals surface area contributed by atoms with Crippen molar-refractivity contribution < 1.29 is 23.5 Å². The van der Waals surface area contributed by atoms with E-state index in [4.69, 9.17) is 5.11 Å². The second kappa shape index (κ2) is 7.64. The van der Waals surface area contributed by atoms with Crippen LogP contribution in [0.5, 0.6) is 0 Å². The Bertz CT molecular complexity index is 800. The van der Waals surface area contributed by atoms with Gasteiger partial charge in [0.25, 0.3) is 5.91 Å². The lowest BCUT2D eigenvalue weighted by molar-refractivity contribution is -0.136. The highest BCUT2D eigenvalue weighted by atomic mass is 19.1. The van der Waals surface area contributed by atoms with Crippen LogP contribution in [0, 0.1) is 17.6 Å². The third-order valence-electron chi connectivity index (χ3n) is 4.65. The van der Waals surface area contributed by atoms with Gasteiger partial charge in [0.05, 0.1) is 6.42 Å². The number of hydrogen-bond donors (Lipinski definition) is 1. The molecule has 2 aromatic rings. The summed E-state index contributed by atoms with van der Waals surface area (Å²) in [5, 5.41) is 8.79. The number of amides is 1. The van der Waals surface area contributed by atoms with Crippen molar-refractivity contribution in [3.8, 4) is 0 Å². The van der Waals surface area contributed by atoms with Crippen LogP contribution in [-0.2, 0) is 17.6 Å². The lowest BCUT2D eigenvalue weighted by atomic mass is 9.97. The van der Waals surface area contributed by atoms with Crippen molar-refractivity contribution in [3.05, 3.63) is 70.8 Å². The standard InChI is InChI=1S/C20H19F2NO3/c21-16-2-1-3-17(22)19(16)20(26)23-9-8-15(12-23)10-13-4-6-14(7-5-13)11-18(24)25/h1-7,15H,8-12H2,(H,24,25). The number of rotatable bonds is 5. The van der Waals surface area contributed by atoms with Crippen LogP contribution in [0.2, 0.25) is 0 Å². The Labute approximate surface area is 150 Å². The number of halogens is 2. The zero-order valence-electron chi connectivity index (χ0n) is 14.1. The van der Waals surface area contributed by atoms with E-state index < -0.39 is 29.1 Å². The SMILES string of the molecule is O=C(O)Cc1ccc(CC2CCN(C(=O)c3c(F)cccc3F)C2)cc1. The smallest absolute Gasteiger partial charge is 0.307 e. The Morgan fingerprint density at radius 2 is 1.65 bits per heavy atom. The fourth-order valence-electron chi connectivity index (χ4n) is 3.35. The predicted molar refractivity (Wildman–Crippen MR) is 91.9 cm³/mol. The molecule has 2 aromatic carbocycles. The van der Waals surface area contributed by atoms with Gasteiger partial charge in [-0.25, -0.2) is 8.78 Å². The van der Waals surface area contributed by atoms with Crippen LogP contribution in [0.15, 0.2) is 42.5 Å². The topological polar surface area (TPSA) is 57.6 Å². The van der Waals surface area contributed by atoms with Crippen LogP contribution in [0.1, 0.15) is 27.9 Å². The fraction of sp³-hybridized carbons (Fsp3) is 0.300. The van der Waals surface area contributed by atoms with E-state index in [-0.39, 0.29) is 12.3 Å². The van der Waals surface area contributed by atoms with Crippen molar-refractivity contribution in [2.45, 2.75) is 19.3 Å². The van der Waals surface area contributed by atoms with Crippen LogP contribution in [0.25, 0.3) is 0 Å². The number of nitrogens with zero attached hydrogens (tertiary/aromatic N) is 1. The Kier molecular flexibility index (Phi) is 5.30. The van der Waals surface area contributed by atoms with E-state index in [1.165, 1.54) is 11.0 Å². The second-order valence-corrected chi connectivity index (χ2v) is 6.59. The average Bonchev–Trinajstić information content (AvgIpc) is 3.04. The molecule has 0 aromatic heterocycles. The second-order valence-electron chi connectivity index (χ2n) is 6.59. The molecule has 3 rings (SSSR count). The molecule has 0 bridgehead atoms. The first-order chi connectivity index (χ1) is 12.4. The van der Waals surface area contributed by atoms with E-state index >= 15 is 0 Å². The Hall–Kier alpha value is -2.76. The predicted octanol–water partition coefficient (Wildman–Crippen LogP) is 3.30. The summed E-state index contributed by atoms with van der Waals surface area (Å²) in [5.74, 6) is -2.96. The molecule has 1 aliphatic heterocycles. The first-order valence-corrected chi connectivity index (χ1v) is 8.47. The summed E-state index contributed by atoms with van der Waals surface area (Å²) in [7, 11) is 0. The molecule has 0 spiro atoms. The quantitative estimate of drug-likeness (QED) is 0.891. The zero-order chi connectivity index (χ0) is 18.7. The first kappa shape index (κ1) is 18.0. The minimum absolute atomic E-state index is 0.0137. The highest BCUT2D eigenvalue weighted by Crippen LogP contribution is 2.24. The monoisotopic (exact) mass is 359 g/mol. The largest absolute Gasteiger partial charge is 0.481 e.